The summed E-state index contributed by atoms with van der Waals surface area (Å²) < 4.78 is 17.2. The van der Waals surface area contributed by atoms with Crippen molar-refractivity contribution in [2.45, 2.75) is 6.42 Å². The van der Waals surface area contributed by atoms with Crippen molar-refractivity contribution < 1.29 is 9.47 Å². The van der Waals surface area contributed by atoms with Crippen molar-refractivity contribution >= 4 is 95.6 Å². The third-order valence-corrected chi connectivity index (χ3v) is 9.48. The molecule has 2 aromatic rings. The highest BCUT2D eigenvalue weighted by Gasteiger charge is 2.10. The van der Waals surface area contributed by atoms with E-state index in [9.17, 15) is 0 Å². The van der Waals surface area contributed by atoms with Crippen LogP contribution in [0.3, 0.4) is 0 Å². The Bertz CT molecular complexity index is 645. The molecule has 0 aliphatic heterocycles. The molecule has 0 N–H and O–H groups in total. The average Bonchev–Trinajstić information content (AvgIpc) is 2.54. The molecular formula is C15H10Br6O2. The third-order valence-electron chi connectivity index (χ3n) is 2.80. The van der Waals surface area contributed by atoms with Crippen LogP contribution >= 0.6 is 95.6 Å². The minimum Gasteiger partial charge on any atom is -0.492 e. The maximum absolute atomic E-state index is 5.78. The van der Waals surface area contributed by atoms with Gasteiger partial charge in [-0.25, -0.2) is 0 Å². The monoisotopic (exact) mass is 696 g/mol. The average molecular weight is 702 g/mol. The van der Waals surface area contributed by atoms with Gasteiger partial charge in [-0.1, -0.05) is 0 Å². The molecule has 0 aliphatic carbocycles. The molecule has 0 saturated heterocycles. The quantitative estimate of drug-likeness (QED) is 0.224. The highest BCUT2D eigenvalue weighted by molar-refractivity contribution is 9.15. The molecule has 2 nitrogen and oxygen atoms in total. The van der Waals surface area contributed by atoms with Crippen LogP contribution in [0.1, 0.15) is 6.42 Å². The molecule has 0 unspecified atom stereocenters. The topological polar surface area (TPSA) is 18.5 Å². The molecule has 0 spiro atoms. The van der Waals surface area contributed by atoms with Crippen molar-refractivity contribution in [3.8, 4) is 11.5 Å². The summed E-state index contributed by atoms with van der Waals surface area (Å²) in [6.45, 7) is 1.14. The second-order valence-corrected chi connectivity index (χ2v) is 9.28. The van der Waals surface area contributed by atoms with Gasteiger partial charge in [-0.15, -0.1) is 0 Å². The predicted octanol–water partition coefficient (Wildman–Crippen LogP) is 8.11. The summed E-state index contributed by atoms with van der Waals surface area (Å²) in [5, 5.41) is 0. The summed E-state index contributed by atoms with van der Waals surface area (Å²) in [5.74, 6) is 1.60. The molecule has 0 radical (unpaired) electrons. The van der Waals surface area contributed by atoms with Crippen molar-refractivity contribution in [2.24, 2.45) is 0 Å². The number of ether oxygens (including phenoxy) is 2. The van der Waals surface area contributed by atoms with Crippen LogP contribution in [0.15, 0.2) is 51.1 Å². The summed E-state index contributed by atoms with van der Waals surface area (Å²) >= 11 is 20.9. The molecular weight excluding hydrogens is 692 g/mol. The Kier molecular flexibility index (Phi) is 8.42. The van der Waals surface area contributed by atoms with Crippen LogP contribution < -0.4 is 9.47 Å². The molecule has 0 heterocycles. The number of hydrogen-bond acceptors (Lipinski definition) is 2. The molecule has 8 heteroatoms. The van der Waals surface area contributed by atoms with Crippen LogP contribution in [-0.4, -0.2) is 13.2 Å². The Balaban J connectivity index is 1.83. The first-order valence-corrected chi connectivity index (χ1v) is 11.2. The first kappa shape index (κ1) is 20.2. The van der Waals surface area contributed by atoms with Crippen LogP contribution in [0, 0.1) is 0 Å². The van der Waals surface area contributed by atoms with E-state index < -0.39 is 0 Å². The van der Waals surface area contributed by atoms with E-state index in [1.165, 1.54) is 0 Å². The lowest BCUT2D eigenvalue weighted by Crippen LogP contribution is -2.05. The van der Waals surface area contributed by atoms with Crippen LogP contribution in [0.5, 0.6) is 11.5 Å². The van der Waals surface area contributed by atoms with Gasteiger partial charge in [-0.2, -0.15) is 0 Å². The van der Waals surface area contributed by atoms with E-state index in [-0.39, 0.29) is 0 Å². The first-order valence-electron chi connectivity index (χ1n) is 6.44. The zero-order chi connectivity index (χ0) is 17.0. The van der Waals surface area contributed by atoms with E-state index in [0.29, 0.717) is 13.2 Å². The molecule has 0 aliphatic rings. The standard InChI is InChI=1S/C15H10Br6O2/c16-8-2-4-10(14(20)12(8)18)22-6-1-7-23-11-5-3-9(17)13(19)15(11)21/h2-5H,1,6-7H2. The second-order valence-electron chi connectivity index (χ2n) is 4.40. The lowest BCUT2D eigenvalue weighted by Gasteiger charge is -2.12. The lowest BCUT2D eigenvalue weighted by molar-refractivity contribution is 0.245. The summed E-state index contributed by atoms with van der Waals surface area (Å²) in [4.78, 5) is 0. The van der Waals surface area contributed by atoms with Crippen molar-refractivity contribution in [1.29, 1.82) is 0 Å². The minimum absolute atomic E-state index is 0.571. The van der Waals surface area contributed by atoms with Crippen LogP contribution in [0.4, 0.5) is 0 Å². The van der Waals surface area contributed by atoms with E-state index in [1.54, 1.807) is 0 Å². The smallest absolute Gasteiger partial charge is 0.134 e. The molecule has 0 fully saturated rings. The molecule has 2 rings (SSSR count). The van der Waals surface area contributed by atoms with Crippen molar-refractivity contribution in [3.63, 3.8) is 0 Å². The van der Waals surface area contributed by atoms with Gasteiger partial charge >= 0.3 is 0 Å². The highest BCUT2D eigenvalue weighted by Crippen LogP contribution is 2.38. The number of rotatable bonds is 6. The number of hydrogen-bond donors (Lipinski definition) is 0. The molecule has 0 saturated carbocycles. The van der Waals surface area contributed by atoms with Gasteiger partial charge in [0.05, 0.1) is 22.2 Å². The molecule has 124 valence electrons. The Morgan fingerprint density at radius 2 is 0.957 bits per heavy atom. The lowest BCUT2D eigenvalue weighted by atomic mass is 10.3. The van der Waals surface area contributed by atoms with Crippen molar-refractivity contribution in [2.75, 3.05) is 13.2 Å². The van der Waals surface area contributed by atoms with Gasteiger partial charge in [-0.3, -0.25) is 0 Å². The van der Waals surface area contributed by atoms with E-state index >= 15 is 0 Å². The maximum atomic E-state index is 5.78. The van der Waals surface area contributed by atoms with E-state index in [4.69, 9.17) is 9.47 Å². The van der Waals surface area contributed by atoms with Gasteiger partial charge in [-0.05, 0) is 120 Å². The maximum Gasteiger partial charge on any atom is 0.134 e. The zero-order valence-corrected chi connectivity index (χ0v) is 21.0. The fraction of sp³-hybridized carbons (Fsp3) is 0.200. The molecule has 0 aromatic heterocycles. The molecule has 23 heavy (non-hydrogen) atoms. The van der Waals surface area contributed by atoms with E-state index in [1.807, 2.05) is 24.3 Å². The number of halogens is 6. The van der Waals surface area contributed by atoms with Crippen LogP contribution in [-0.2, 0) is 0 Å². The largest absolute Gasteiger partial charge is 0.492 e. The Morgan fingerprint density at radius 3 is 1.35 bits per heavy atom. The van der Waals surface area contributed by atoms with Crippen molar-refractivity contribution in [3.05, 3.63) is 51.1 Å². The van der Waals surface area contributed by atoms with Gasteiger partial charge in [0.25, 0.3) is 0 Å². The van der Waals surface area contributed by atoms with Gasteiger partial charge in [0.2, 0.25) is 0 Å². The fourth-order valence-corrected chi connectivity index (χ4v) is 4.43. The Hall–Kier alpha value is 0.920. The minimum atomic E-state index is 0.571. The summed E-state index contributed by atoms with van der Waals surface area (Å²) in [6, 6.07) is 7.72. The number of benzene rings is 2. The summed E-state index contributed by atoms with van der Waals surface area (Å²) in [6.07, 6.45) is 0.778. The van der Waals surface area contributed by atoms with Crippen LogP contribution in [0.2, 0.25) is 0 Å². The molecule has 0 atom stereocenters. The van der Waals surface area contributed by atoms with Crippen LogP contribution in [0.25, 0.3) is 0 Å². The van der Waals surface area contributed by atoms with E-state index in [2.05, 4.69) is 95.6 Å². The Labute approximate surface area is 185 Å². The van der Waals surface area contributed by atoms with Gasteiger partial charge < -0.3 is 9.47 Å². The van der Waals surface area contributed by atoms with E-state index in [0.717, 1.165) is 44.8 Å². The highest BCUT2D eigenvalue weighted by atomic mass is 79.9. The predicted molar refractivity (Wildman–Crippen MR) is 115 cm³/mol. The molecule has 0 bridgehead atoms. The van der Waals surface area contributed by atoms with Gasteiger partial charge in [0.15, 0.2) is 0 Å². The zero-order valence-electron chi connectivity index (χ0n) is 11.5. The SMILES string of the molecule is Brc1ccc(OCCCOc2ccc(Br)c(Br)c2Br)c(Br)c1Br. The second kappa shape index (κ2) is 9.57. The van der Waals surface area contributed by atoms with Gasteiger partial charge in [0.1, 0.15) is 11.5 Å². The summed E-state index contributed by atoms with van der Waals surface area (Å²) in [7, 11) is 0. The molecule has 2 aromatic carbocycles. The normalized spacial score (nSPS) is 10.7. The molecule has 0 amide bonds. The summed E-state index contributed by atoms with van der Waals surface area (Å²) in [5.41, 5.74) is 0. The first-order chi connectivity index (χ1) is 10.9. The third kappa shape index (κ3) is 5.45. The fourth-order valence-electron chi connectivity index (χ4n) is 1.66. The van der Waals surface area contributed by atoms with Crippen molar-refractivity contribution in [1.82, 2.24) is 0 Å². The van der Waals surface area contributed by atoms with Gasteiger partial charge in [0, 0.05) is 24.3 Å². The Morgan fingerprint density at radius 1 is 0.565 bits per heavy atom.